The van der Waals surface area contributed by atoms with Crippen LogP contribution in [-0.4, -0.2) is 66.6 Å². The lowest BCUT2D eigenvalue weighted by Gasteiger charge is -2.19. The fourth-order valence-electron chi connectivity index (χ4n) is 6.91. The highest BCUT2D eigenvalue weighted by molar-refractivity contribution is 6.64. The Bertz CT molecular complexity index is 2720. The van der Waals surface area contributed by atoms with E-state index in [1.165, 1.54) is 0 Å². The first-order valence-corrected chi connectivity index (χ1v) is 15.9. The molecule has 0 unspecified atom stereocenters. The van der Waals surface area contributed by atoms with Crippen LogP contribution >= 0.6 is 0 Å². The zero-order chi connectivity index (χ0) is 34.3. The molecule has 50 heavy (non-hydrogen) atoms. The number of fused-ring (bicyclic) bond motifs is 6. The molecular formula is C39H18B6N4O. The van der Waals surface area contributed by atoms with Gasteiger partial charge in [0.25, 0.3) is 0 Å². The number of nitrogens with zero attached hydrogens (tertiary/aromatic N) is 4. The van der Waals surface area contributed by atoms with E-state index >= 15 is 0 Å². The summed E-state index contributed by atoms with van der Waals surface area (Å²) in [7, 11) is 41.0. The van der Waals surface area contributed by atoms with E-state index in [0.29, 0.717) is 33.7 Å². The maximum absolute atomic E-state index is 7.00. The van der Waals surface area contributed by atoms with Gasteiger partial charge in [-0.1, -0.05) is 119 Å². The molecule has 12 radical (unpaired) electrons. The van der Waals surface area contributed by atoms with Crippen LogP contribution < -0.4 is 32.8 Å². The molecule has 218 valence electrons. The summed E-state index contributed by atoms with van der Waals surface area (Å²) in [4.78, 5) is 14.5. The van der Waals surface area contributed by atoms with Gasteiger partial charge in [-0.15, -0.1) is 5.46 Å². The first kappa shape index (κ1) is 30.4. The molecule has 5 nitrogen and oxygen atoms in total. The minimum absolute atomic E-state index is 0.162. The van der Waals surface area contributed by atoms with Crippen LogP contribution in [0.5, 0.6) is 0 Å². The summed E-state index contributed by atoms with van der Waals surface area (Å²) < 4.78 is 8.59. The zero-order valence-electron chi connectivity index (χ0n) is 26.6. The topological polar surface area (TPSA) is 56.7 Å². The van der Waals surface area contributed by atoms with Gasteiger partial charge in [-0.3, -0.25) is 0 Å². The molecule has 0 aliphatic carbocycles. The van der Waals surface area contributed by atoms with Gasteiger partial charge in [0, 0.05) is 32.8 Å². The summed E-state index contributed by atoms with van der Waals surface area (Å²) in [6, 6.07) is 35.3. The lowest BCUT2D eigenvalue weighted by molar-refractivity contribution is 0.674. The van der Waals surface area contributed by atoms with Crippen molar-refractivity contribution in [1.29, 1.82) is 0 Å². The highest BCUT2D eigenvalue weighted by atomic mass is 16.3. The van der Waals surface area contributed by atoms with Crippen LogP contribution in [-0.2, 0) is 0 Å². The Balaban J connectivity index is 1.39. The monoisotopic (exact) mass is 624 g/mol. The van der Waals surface area contributed by atoms with Crippen LogP contribution in [0.15, 0.2) is 114 Å². The second kappa shape index (κ2) is 11.4. The Morgan fingerprint density at radius 2 is 0.900 bits per heavy atom. The summed E-state index contributed by atoms with van der Waals surface area (Å²) in [5.74, 6) is 1.11. The van der Waals surface area contributed by atoms with Crippen molar-refractivity contribution < 1.29 is 4.42 Å². The van der Waals surface area contributed by atoms with Crippen LogP contribution in [0.4, 0.5) is 0 Å². The normalized spacial score (nSPS) is 11.7. The number of hydrogen-bond acceptors (Lipinski definition) is 4. The van der Waals surface area contributed by atoms with E-state index in [1.54, 1.807) is 0 Å². The van der Waals surface area contributed by atoms with Gasteiger partial charge in [0.1, 0.15) is 58.2 Å². The minimum Gasteiger partial charge on any atom is -0.457 e. The van der Waals surface area contributed by atoms with E-state index in [0.717, 1.165) is 32.9 Å². The number of furan rings is 1. The lowest BCUT2D eigenvalue weighted by atomic mass is 9.68. The maximum Gasteiger partial charge on any atom is 0.164 e. The van der Waals surface area contributed by atoms with Crippen molar-refractivity contribution in [1.82, 2.24) is 19.5 Å². The van der Waals surface area contributed by atoms with Crippen molar-refractivity contribution in [2.24, 2.45) is 0 Å². The van der Waals surface area contributed by atoms with E-state index in [2.05, 4.69) is 16.7 Å². The molecule has 0 N–H and O–H groups in total. The number of para-hydroxylation sites is 2. The van der Waals surface area contributed by atoms with Crippen molar-refractivity contribution >= 4 is 124 Å². The number of benzene rings is 6. The summed E-state index contributed by atoms with van der Waals surface area (Å²) in [6.45, 7) is 0. The molecule has 0 aliphatic rings. The second-order valence-electron chi connectivity index (χ2n) is 12.1. The maximum atomic E-state index is 7.00. The van der Waals surface area contributed by atoms with Gasteiger partial charge >= 0.3 is 0 Å². The molecule has 9 rings (SSSR count). The number of hydrogen-bond donors (Lipinski definition) is 0. The average Bonchev–Trinajstić information content (AvgIpc) is 3.72. The molecule has 0 spiro atoms. The van der Waals surface area contributed by atoms with Crippen LogP contribution in [0.25, 0.3) is 83.6 Å². The van der Waals surface area contributed by atoms with E-state index in [4.69, 9.17) is 66.4 Å². The smallest absolute Gasteiger partial charge is 0.164 e. The van der Waals surface area contributed by atoms with Crippen LogP contribution in [0.3, 0.4) is 0 Å². The van der Waals surface area contributed by atoms with E-state index < -0.39 is 0 Å². The van der Waals surface area contributed by atoms with Crippen molar-refractivity contribution in [3.63, 3.8) is 0 Å². The van der Waals surface area contributed by atoms with Crippen LogP contribution in [0, 0.1) is 0 Å². The average molecular weight is 623 g/mol. The van der Waals surface area contributed by atoms with Gasteiger partial charge in [-0.2, -0.15) is 0 Å². The van der Waals surface area contributed by atoms with Gasteiger partial charge < -0.3 is 8.98 Å². The standard InChI is InChI=1S/C39H18B6N4O/c40-28-25-26-34(49-23-17-9-7-15-21(23)22-16-8-10-18-24(22)49)32(44)31(43)33(45)36(26)50-35(25)30(42)27(29(28)41)39-47-37(19-11-3-1-4-12-19)46-38(48-39)20-13-5-2-6-14-20/h1-18H. The molecule has 0 atom stereocenters. The van der Waals surface area contributed by atoms with E-state index in [9.17, 15) is 0 Å². The summed E-state index contributed by atoms with van der Waals surface area (Å²) in [6.07, 6.45) is 0. The first-order valence-electron chi connectivity index (χ1n) is 15.9. The molecule has 0 fully saturated rings. The highest BCUT2D eigenvalue weighted by Crippen LogP contribution is 2.36. The Kier molecular flexibility index (Phi) is 6.96. The lowest BCUT2D eigenvalue weighted by Crippen LogP contribution is -2.41. The molecule has 11 heteroatoms. The molecule has 3 heterocycles. The predicted octanol–water partition coefficient (Wildman–Crippen LogP) is 2.63. The van der Waals surface area contributed by atoms with Gasteiger partial charge in [0.05, 0.1) is 22.1 Å². The Morgan fingerprint density at radius 1 is 0.420 bits per heavy atom. The van der Waals surface area contributed by atoms with Crippen molar-refractivity contribution in [2.75, 3.05) is 0 Å². The van der Waals surface area contributed by atoms with Crippen LogP contribution in [0.1, 0.15) is 0 Å². The predicted molar refractivity (Wildman–Crippen MR) is 210 cm³/mol. The van der Waals surface area contributed by atoms with E-state index in [-0.39, 0.29) is 49.8 Å². The van der Waals surface area contributed by atoms with E-state index in [1.807, 2.05) is 97.1 Å². The van der Waals surface area contributed by atoms with Crippen LogP contribution in [0.2, 0.25) is 0 Å². The fraction of sp³-hybridized carbons (Fsp3) is 0. The third-order valence-corrected chi connectivity index (χ3v) is 9.29. The van der Waals surface area contributed by atoms with Gasteiger partial charge in [0.2, 0.25) is 0 Å². The third kappa shape index (κ3) is 4.39. The van der Waals surface area contributed by atoms with Crippen molar-refractivity contribution in [3.05, 3.63) is 109 Å². The number of aromatic nitrogens is 4. The molecule has 0 amide bonds. The molecule has 0 aliphatic heterocycles. The summed E-state index contributed by atoms with van der Waals surface area (Å²) in [5.41, 5.74) is 5.95. The molecule has 0 bridgehead atoms. The quantitative estimate of drug-likeness (QED) is 0.283. The fourth-order valence-corrected chi connectivity index (χ4v) is 6.91. The van der Waals surface area contributed by atoms with Gasteiger partial charge in [-0.25, -0.2) is 15.0 Å². The Hall–Kier alpha value is -5.68. The molecule has 0 saturated heterocycles. The van der Waals surface area contributed by atoms with Crippen molar-refractivity contribution in [2.45, 2.75) is 0 Å². The Morgan fingerprint density at radius 3 is 1.46 bits per heavy atom. The second-order valence-corrected chi connectivity index (χ2v) is 12.1. The number of rotatable bonds is 4. The highest BCUT2D eigenvalue weighted by Gasteiger charge is 2.26. The Labute approximate surface area is 295 Å². The SMILES string of the molecule is [B]c1c([B])c(-n2c3ccccc3c3ccccc32)c2c(oc3c([B])c(-c4nc(-c5ccccc5)nc(-c5ccccc5)n4)c([B])c([B])c32)c1[B]. The van der Waals surface area contributed by atoms with Crippen molar-refractivity contribution in [3.8, 4) is 39.9 Å². The largest absolute Gasteiger partial charge is 0.457 e. The zero-order valence-corrected chi connectivity index (χ0v) is 26.6. The summed E-state index contributed by atoms with van der Waals surface area (Å²) in [5, 5.41) is 3.05. The first-order chi connectivity index (χ1) is 24.3. The van der Waals surface area contributed by atoms with Gasteiger partial charge in [0.15, 0.2) is 17.5 Å². The third-order valence-electron chi connectivity index (χ3n) is 9.29. The molecule has 6 aromatic carbocycles. The summed E-state index contributed by atoms with van der Waals surface area (Å²) >= 11 is 0. The molecule has 9 aromatic rings. The molecule has 0 saturated carbocycles. The molecule has 3 aromatic heterocycles. The minimum atomic E-state index is 0.162. The molecular weight excluding hydrogens is 605 g/mol. The van der Waals surface area contributed by atoms with Gasteiger partial charge in [-0.05, 0) is 17.6 Å².